The minimum absolute atomic E-state index is 0.201. The van der Waals surface area contributed by atoms with Gasteiger partial charge in [0.05, 0.1) is 5.92 Å². The number of para-hydroxylation sites is 1. The van der Waals surface area contributed by atoms with Crippen LogP contribution in [0, 0.1) is 5.92 Å². The zero-order valence-corrected chi connectivity index (χ0v) is 11.9. The molecular weight excluding hydrogens is 250 g/mol. The summed E-state index contributed by atoms with van der Waals surface area (Å²) in [5, 5.41) is 3.33. The van der Waals surface area contributed by atoms with Crippen LogP contribution in [0.2, 0.25) is 0 Å². The highest BCUT2D eigenvalue weighted by molar-refractivity contribution is 5.79. The largest absolute Gasteiger partial charge is 0.368 e. The Morgan fingerprint density at radius 1 is 1.10 bits per heavy atom. The molecule has 1 aromatic carbocycles. The molecule has 0 unspecified atom stereocenters. The number of nitrogens with zero attached hydrogens (tertiary/aromatic N) is 2. The first-order chi connectivity index (χ1) is 9.84. The Labute approximate surface area is 120 Å². The average Bonchev–Trinajstić information content (AvgIpc) is 2.56. The monoisotopic (exact) mass is 273 g/mol. The summed E-state index contributed by atoms with van der Waals surface area (Å²) in [5.41, 5.74) is 1.26. The number of benzene rings is 1. The topological polar surface area (TPSA) is 35.6 Å². The molecule has 2 heterocycles. The molecule has 0 saturated carbocycles. The Bertz CT molecular complexity index is 434. The van der Waals surface area contributed by atoms with E-state index in [1.165, 1.54) is 5.69 Å². The minimum Gasteiger partial charge on any atom is -0.368 e. The van der Waals surface area contributed by atoms with Crippen molar-refractivity contribution < 1.29 is 4.79 Å². The molecule has 4 nitrogen and oxygen atoms in total. The molecule has 0 bridgehead atoms. The van der Waals surface area contributed by atoms with Gasteiger partial charge in [-0.05, 0) is 31.5 Å². The lowest BCUT2D eigenvalue weighted by molar-refractivity contribution is -0.136. The Hall–Kier alpha value is -1.55. The van der Waals surface area contributed by atoms with Crippen LogP contribution in [-0.4, -0.2) is 50.1 Å². The second kappa shape index (κ2) is 6.27. The predicted molar refractivity (Wildman–Crippen MR) is 80.8 cm³/mol. The summed E-state index contributed by atoms with van der Waals surface area (Å²) in [6, 6.07) is 10.5. The first kappa shape index (κ1) is 13.4. The quantitative estimate of drug-likeness (QED) is 0.883. The maximum atomic E-state index is 12.5. The third kappa shape index (κ3) is 2.96. The number of piperazine rings is 1. The molecule has 20 heavy (non-hydrogen) atoms. The van der Waals surface area contributed by atoms with Gasteiger partial charge >= 0.3 is 0 Å². The van der Waals surface area contributed by atoms with E-state index in [0.717, 1.165) is 52.1 Å². The zero-order chi connectivity index (χ0) is 13.8. The van der Waals surface area contributed by atoms with Crippen LogP contribution in [0.4, 0.5) is 5.69 Å². The molecule has 0 radical (unpaired) electrons. The Morgan fingerprint density at radius 3 is 2.50 bits per heavy atom. The molecule has 0 aliphatic carbocycles. The van der Waals surface area contributed by atoms with Gasteiger partial charge in [-0.15, -0.1) is 0 Å². The number of hydrogen-bond donors (Lipinski definition) is 1. The third-order valence-electron chi connectivity index (χ3n) is 4.36. The molecular formula is C16H23N3O. The maximum absolute atomic E-state index is 12.5. The molecule has 1 aromatic rings. The molecule has 0 spiro atoms. The van der Waals surface area contributed by atoms with Crippen molar-refractivity contribution in [2.75, 3.05) is 44.2 Å². The van der Waals surface area contributed by atoms with Crippen LogP contribution in [0.5, 0.6) is 0 Å². The number of carbonyl (C=O) groups is 1. The van der Waals surface area contributed by atoms with E-state index in [9.17, 15) is 4.79 Å². The van der Waals surface area contributed by atoms with Crippen LogP contribution in [-0.2, 0) is 4.79 Å². The van der Waals surface area contributed by atoms with E-state index in [1.807, 2.05) is 6.07 Å². The third-order valence-corrected chi connectivity index (χ3v) is 4.36. The summed E-state index contributed by atoms with van der Waals surface area (Å²) in [7, 11) is 0. The summed E-state index contributed by atoms with van der Waals surface area (Å²) in [4.78, 5) is 16.9. The minimum atomic E-state index is 0.201. The van der Waals surface area contributed by atoms with E-state index < -0.39 is 0 Å². The highest BCUT2D eigenvalue weighted by Crippen LogP contribution is 2.18. The highest BCUT2D eigenvalue weighted by Gasteiger charge is 2.28. The van der Waals surface area contributed by atoms with Crippen LogP contribution in [0.15, 0.2) is 30.3 Å². The SMILES string of the molecule is O=C([C@@H]1CCCNC1)N1CCN(c2ccccc2)CC1. The molecule has 108 valence electrons. The smallest absolute Gasteiger partial charge is 0.227 e. The zero-order valence-electron chi connectivity index (χ0n) is 11.9. The summed E-state index contributed by atoms with van der Waals surface area (Å²) in [5.74, 6) is 0.553. The van der Waals surface area contributed by atoms with Crippen LogP contribution < -0.4 is 10.2 Å². The van der Waals surface area contributed by atoms with Crippen molar-refractivity contribution in [3.63, 3.8) is 0 Å². The molecule has 4 heteroatoms. The fourth-order valence-electron chi connectivity index (χ4n) is 3.14. The number of nitrogens with one attached hydrogen (secondary N) is 1. The van der Waals surface area contributed by atoms with Crippen LogP contribution in [0.25, 0.3) is 0 Å². The standard InChI is InChI=1S/C16H23N3O/c20-16(14-5-4-8-17-13-14)19-11-9-18(10-12-19)15-6-2-1-3-7-15/h1-3,6-7,14,17H,4-5,8-13H2/t14-/m1/s1. The van der Waals surface area contributed by atoms with E-state index in [2.05, 4.69) is 39.4 Å². The van der Waals surface area contributed by atoms with Crippen molar-refractivity contribution in [2.45, 2.75) is 12.8 Å². The molecule has 1 N–H and O–H groups in total. The lowest BCUT2D eigenvalue weighted by atomic mass is 9.98. The first-order valence-electron chi connectivity index (χ1n) is 7.64. The number of rotatable bonds is 2. The van der Waals surface area contributed by atoms with E-state index in [0.29, 0.717) is 5.91 Å². The van der Waals surface area contributed by atoms with Gasteiger partial charge in [-0.2, -0.15) is 0 Å². The molecule has 3 rings (SSSR count). The van der Waals surface area contributed by atoms with Crippen LogP contribution >= 0.6 is 0 Å². The van der Waals surface area contributed by atoms with E-state index in [-0.39, 0.29) is 5.92 Å². The van der Waals surface area contributed by atoms with Crippen molar-refractivity contribution in [3.8, 4) is 0 Å². The second-order valence-electron chi connectivity index (χ2n) is 5.69. The highest BCUT2D eigenvalue weighted by atomic mass is 16.2. The van der Waals surface area contributed by atoms with Gasteiger partial charge in [0, 0.05) is 38.4 Å². The van der Waals surface area contributed by atoms with Gasteiger partial charge in [-0.1, -0.05) is 18.2 Å². The summed E-state index contributed by atoms with van der Waals surface area (Å²) < 4.78 is 0. The van der Waals surface area contributed by atoms with Crippen molar-refractivity contribution in [1.82, 2.24) is 10.2 Å². The molecule has 0 aromatic heterocycles. The molecule has 2 aliphatic heterocycles. The number of amides is 1. The van der Waals surface area contributed by atoms with E-state index in [4.69, 9.17) is 0 Å². The van der Waals surface area contributed by atoms with Crippen molar-refractivity contribution in [1.29, 1.82) is 0 Å². The Morgan fingerprint density at radius 2 is 1.85 bits per heavy atom. The predicted octanol–water partition coefficient (Wildman–Crippen LogP) is 1.33. The van der Waals surface area contributed by atoms with Crippen molar-refractivity contribution in [3.05, 3.63) is 30.3 Å². The number of hydrogen-bond acceptors (Lipinski definition) is 3. The summed E-state index contributed by atoms with van der Waals surface area (Å²) in [6.07, 6.45) is 2.17. The molecule has 2 fully saturated rings. The maximum Gasteiger partial charge on any atom is 0.227 e. The number of anilines is 1. The first-order valence-corrected chi connectivity index (χ1v) is 7.64. The summed E-state index contributed by atoms with van der Waals surface area (Å²) >= 11 is 0. The lowest BCUT2D eigenvalue weighted by Gasteiger charge is -2.38. The van der Waals surface area contributed by atoms with Gasteiger partial charge in [0.1, 0.15) is 0 Å². The van der Waals surface area contributed by atoms with Gasteiger partial charge < -0.3 is 15.1 Å². The van der Waals surface area contributed by atoms with E-state index >= 15 is 0 Å². The van der Waals surface area contributed by atoms with Crippen LogP contribution in [0.3, 0.4) is 0 Å². The Balaban J connectivity index is 1.54. The fourth-order valence-corrected chi connectivity index (χ4v) is 3.14. The second-order valence-corrected chi connectivity index (χ2v) is 5.69. The molecule has 1 amide bonds. The van der Waals surface area contributed by atoms with Gasteiger partial charge in [0.2, 0.25) is 5.91 Å². The number of carbonyl (C=O) groups excluding carboxylic acids is 1. The normalized spacial score (nSPS) is 23.7. The van der Waals surface area contributed by atoms with Crippen molar-refractivity contribution in [2.24, 2.45) is 5.92 Å². The number of piperidine rings is 1. The van der Waals surface area contributed by atoms with Gasteiger partial charge in [-0.25, -0.2) is 0 Å². The lowest BCUT2D eigenvalue weighted by Crippen LogP contribution is -2.52. The van der Waals surface area contributed by atoms with Crippen molar-refractivity contribution >= 4 is 11.6 Å². The molecule has 2 aliphatic rings. The van der Waals surface area contributed by atoms with Gasteiger partial charge in [0.25, 0.3) is 0 Å². The van der Waals surface area contributed by atoms with Crippen LogP contribution in [0.1, 0.15) is 12.8 Å². The molecule has 1 atom stereocenters. The van der Waals surface area contributed by atoms with Gasteiger partial charge in [0.15, 0.2) is 0 Å². The van der Waals surface area contributed by atoms with Gasteiger partial charge in [-0.3, -0.25) is 4.79 Å². The Kier molecular flexibility index (Phi) is 4.21. The summed E-state index contributed by atoms with van der Waals surface area (Å²) in [6.45, 7) is 5.50. The molecule has 2 saturated heterocycles. The average molecular weight is 273 g/mol. The fraction of sp³-hybridized carbons (Fsp3) is 0.562. The van der Waals surface area contributed by atoms with E-state index in [1.54, 1.807) is 0 Å².